The van der Waals surface area contributed by atoms with Crippen LogP contribution in [0.15, 0.2) is 30.3 Å². The molecule has 0 fully saturated rings. The molecule has 0 aliphatic carbocycles. The number of nitrogens with one attached hydrogen (secondary N) is 2. The largest absolute Gasteiger partial charge is 0.493 e. The number of ether oxygens (including phenoxy) is 3. The Balaban J connectivity index is 2.09. The van der Waals surface area contributed by atoms with Crippen LogP contribution in [0.2, 0.25) is 0 Å². The van der Waals surface area contributed by atoms with E-state index in [0.29, 0.717) is 23.1 Å². The van der Waals surface area contributed by atoms with Crippen LogP contribution in [0.1, 0.15) is 0 Å². The number of aromatic nitrogens is 2. The highest BCUT2D eigenvalue weighted by molar-refractivity contribution is 5.83. The minimum Gasteiger partial charge on any atom is -0.493 e. The third-order valence-electron chi connectivity index (χ3n) is 2.74. The van der Waals surface area contributed by atoms with Crippen molar-refractivity contribution < 1.29 is 19.0 Å². The van der Waals surface area contributed by atoms with E-state index in [1.54, 1.807) is 38.5 Å². The zero-order chi connectivity index (χ0) is 15.9. The van der Waals surface area contributed by atoms with Gasteiger partial charge in [-0.05, 0) is 24.3 Å². The lowest BCUT2D eigenvalue weighted by atomic mass is 10.2. The molecule has 0 aliphatic rings. The molecule has 2 N–H and O–H groups in total. The first kappa shape index (κ1) is 15.4. The molecule has 0 radical (unpaired) electrons. The smallest absolute Gasteiger partial charge is 0.412 e. The van der Waals surface area contributed by atoms with Crippen LogP contribution in [0.25, 0.3) is 0 Å². The number of nitrogens with zero attached hydrogens (tertiary/aromatic N) is 2. The number of hydrogen-bond donors (Lipinski definition) is 2. The number of carbonyl (C=O) groups excluding carboxylic acids is 1. The van der Waals surface area contributed by atoms with Crippen molar-refractivity contribution in [1.82, 2.24) is 10.2 Å². The summed E-state index contributed by atoms with van der Waals surface area (Å²) >= 11 is 0. The first-order valence-electron chi connectivity index (χ1n) is 6.34. The maximum Gasteiger partial charge on any atom is 0.412 e. The van der Waals surface area contributed by atoms with Gasteiger partial charge in [0.1, 0.15) is 0 Å². The summed E-state index contributed by atoms with van der Waals surface area (Å²) in [6.45, 7) is 0. The summed E-state index contributed by atoms with van der Waals surface area (Å²) < 4.78 is 14.9. The Kier molecular flexibility index (Phi) is 4.97. The molecule has 1 aromatic carbocycles. The van der Waals surface area contributed by atoms with Crippen molar-refractivity contribution in [3.05, 3.63) is 30.3 Å². The van der Waals surface area contributed by atoms with Crippen LogP contribution >= 0.6 is 0 Å². The fraction of sp³-hybridized carbons (Fsp3) is 0.214. The molecule has 2 aromatic rings. The molecule has 0 unspecified atom stereocenters. The minimum atomic E-state index is -0.602. The van der Waals surface area contributed by atoms with Crippen molar-refractivity contribution in [2.75, 3.05) is 32.0 Å². The maximum absolute atomic E-state index is 11.0. The highest BCUT2D eigenvalue weighted by Crippen LogP contribution is 2.30. The number of hydrogen-bond acceptors (Lipinski definition) is 7. The molecule has 8 heteroatoms. The molecule has 1 aromatic heterocycles. The molecule has 116 valence electrons. The van der Waals surface area contributed by atoms with Crippen LogP contribution in [0.4, 0.5) is 22.1 Å². The highest BCUT2D eigenvalue weighted by Gasteiger charge is 2.06. The zero-order valence-electron chi connectivity index (χ0n) is 12.4. The number of amides is 1. The van der Waals surface area contributed by atoms with Gasteiger partial charge in [-0.15, -0.1) is 10.2 Å². The van der Waals surface area contributed by atoms with E-state index in [1.165, 1.54) is 7.11 Å². The second kappa shape index (κ2) is 7.11. The molecule has 1 amide bonds. The van der Waals surface area contributed by atoms with E-state index in [2.05, 4.69) is 25.6 Å². The van der Waals surface area contributed by atoms with Gasteiger partial charge in [0.25, 0.3) is 0 Å². The first-order chi connectivity index (χ1) is 10.7. The van der Waals surface area contributed by atoms with E-state index < -0.39 is 6.09 Å². The van der Waals surface area contributed by atoms with Gasteiger partial charge in [0, 0.05) is 11.8 Å². The first-order valence-corrected chi connectivity index (χ1v) is 6.34. The lowest BCUT2D eigenvalue weighted by Crippen LogP contribution is -2.12. The Hall–Kier alpha value is -3.03. The van der Waals surface area contributed by atoms with Crippen LogP contribution in [-0.2, 0) is 4.74 Å². The topological polar surface area (TPSA) is 94.6 Å². The van der Waals surface area contributed by atoms with Gasteiger partial charge in [-0.1, -0.05) is 0 Å². The second-order valence-electron chi connectivity index (χ2n) is 4.12. The van der Waals surface area contributed by atoms with Gasteiger partial charge in [0.2, 0.25) is 0 Å². The average Bonchev–Trinajstić information content (AvgIpc) is 2.56. The Bertz CT molecular complexity index is 646. The predicted molar refractivity (Wildman–Crippen MR) is 80.9 cm³/mol. The van der Waals surface area contributed by atoms with Crippen LogP contribution in [0.3, 0.4) is 0 Å². The van der Waals surface area contributed by atoms with Crippen molar-refractivity contribution in [2.24, 2.45) is 0 Å². The fourth-order valence-electron chi connectivity index (χ4n) is 1.68. The molecule has 0 saturated heterocycles. The van der Waals surface area contributed by atoms with Gasteiger partial charge in [-0.3, -0.25) is 5.32 Å². The molecule has 0 aliphatic heterocycles. The van der Waals surface area contributed by atoms with Gasteiger partial charge in [0.15, 0.2) is 23.1 Å². The molecule has 2 rings (SSSR count). The lowest BCUT2D eigenvalue weighted by molar-refractivity contribution is 0.187. The fourth-order valence-corrected chi connectivity index (χ4v) is 1.68. The molecular weight excluding hydrogens is 288 g/mol. The summed E-state index contributed by atoms with van der Waals surface area (Å²) in [4.78, 5) is 11.0. The van der Waals surface area contributed by atoms with E-state index in [9.17, 15) is 4.79 Å². The maximum atomic E-state index is 11.0. The van der Waals surface area contributed by atoms with Crippen molar-refractivity contribution >= 4 is 23.4 Å². The average molecular weight is 304 g/mol. The van der Waals surface area contributed by atoms with Crippen molar-refractivity contribution in [1.29, 1.82) is 0 Å². The van der Waals surface area contributed by atoms with Crippen LogP contribution in [0, 0.1) is 0 Å². The van der Waals surface area contributed by atoms with Crippen LogP contribution in [-0.4, -0.2) is 37.6 Å². The Labute approximate surface area is 127 Å². The van der Waals surface area contributed by atoms with Crippen LogP contribution in [0.5, 0.6) is 11.5 Å². The quantitative estimate of drug-likeness (QED) is 0.875. The minimum absolute atomic E-state index is 0.296. The highest BCUT2D eigenvalue weighted by atomic mass is 16.5. The predicted octanol–water partition coefficient (Wildman–Crippen LogP) is 2.42. The number of benzene rings is 1. The second-order valence-corrected chi connectivity index (χ2v) is 4.12. The number of anilines is 3. The molecule has 0 atom stereocenters. The Morgan fingerprint density at radius 2 is 1.64 bits per heavy atom. The van der Waals surface area contributed by atoms with E-state index in [0.717, 1.165) is 5.69 Å². The summed E-state index contributed by atoms with van der Waals surface area (Å²) in [6, 6.07) is 8.66. The summed E-state index contributed by atoms with van der Waals surface area (Å²) in [5, 5.41) is 13.3. The van der Waals surface area contributed by atoms with Crippen molar-refractivity contribution in [3.8, 4) is 11.5 Å². The van der Waals surface area contributed by atoms with Gasteiger partial charge >= 0.3 is 6.09 Å². The van der Waals surface area contributed by atoms with Crippen molar-refractivity contribution in [2.45, 2.75) is 0 Å². The number of carbonyl (C=O) groups is 1. The number of methoxy groups -OCH3 is 3. The van der Waals surface area contributed by atoms with Gasteiger partial charge in [-0.2, -0.15) is 0 Å². The molecule has 0 spiro atoms. The number of rotatable bonds is 5. The van der Waals surface area contributed by atoms with Gasteiger partial charge in [-0.25, -0.2) is 4.79 Å². The van der Waals surface area contributed by atoms with Crippen molar-refractivity contribution in [3.63, 3.8) is 0 Å². The van der Waals surface area contributed by atoms with E-state index >= 15 is 0 Å². The Morgan fingerprint density at radius 1 is 0.955 bits per heavy atom. The SMILES string of the molecule is COC(=O)Nc1ccc(Nc2ccc(OC)c(OC)c2)nn1. The third kappa shape index (κ3) is 3.75. The summed E-state index contributed by atoms with van der Waals surface area (Å²) in [5.74, 6) is 2.05. The summed E-state index contributed by atoms with van der Waals surface area (Å²) in [6.07, 6.45) is -0.602. The van der Waals surface area contributed by atoms with Gasteiger partial charge in [0.05, 0.1) is 21.3 Å². The summed E-state index contributed by atoms with van der Waals surface area (Å²) in [7, 11) is 4.41. The molecule has 0 saturated carbocycles. The lowest BCUT2D eigenvalue weighted by Gasteiger charge is -2.10. The van der Waals surface area contributed by atoms with E-state index in [-0.39, 0.29) is 0 Å². The standard InChI is InChI=1S/C14H16N4O4/c1-20-10-5-4-9(8-11(10)21-2)15-12-6-7-13(18-17-12)16-14(19)22-3/h4-8H,1-3H3,(H,15,17)(H,16,18,19). The van der Waals surface area contributed by atoms with E-state index in [1.807, 2.05) is 6.07 Å². The normalized spacial score (nSPS) is 9.77. The Morgan fingerprint density at radius 3 is 2.23 bits per heavy atom. The van der Waals surface area contributed by atoms with Crippen LogP contribution < -0.4 is 20.1 Å². The summed E-state index contributed by atoms with van der Waals surface area (Å²) in [5.41, 5.74) is 0.764. The van der Waals surface area contributed by atoms with Gasteiger partial charge < -0.3 is 19.5 Å². The molecule has 1 heterocycles. The molecule has 22 heavy (non-hydrogen) atoms. The molecular formula is C14H16N4O4. The molecule has 0 bridgehead atoms. The zero-order valence-corrected chi connectivity index (χ0v) is 12.4. The third-order valence-corrected chi connectivity index (χ3v) is 2.74. The molecule has 8 nitrogen and oxygen atoms in total. The monoisotopic (exact) mass is 304 g/mol. The van der Waals surface area contributed by atoms with E-state index in [4.69, 9.17) is 9.47 Å².